The van der Waals surface area contributed by atoms with Gasteiger partial charge in [0.25, 0.3) is 5.91 Å². The lowest BCUT2D eigenvalue weighted by molar-refractivity contribution is 0.0743. The van der Waals surface area contributed by atoms with E-state index in [1.54, 1.807) is 23.3 Å². The van der Waals surface area contributed by atoms with Crippen LogP contribution in [0.3, 0.4) is 0 Å². The van der Waals surface area contributed by atoms with Crippen LogP contribution >= 0.6 is 22.7 Å². The number of nitrogens with two attached hydrogens (primary N) is 1. The molecule has 7 heteroatoms. The van der Waals surface area contributed by atoms with Gasteiger partial charge in [0.1, 0.15) is 4.88 Å². The van der Waals surface area contributed by atoms with Crippen molar-refractivity contribution in [2.75, 3.05) is 12.8 Å². The molecule has 0 bridgehead atoms. The lowest BCUT2D eigenvalue weighted by Crippen LogP contribution is -2.30. The van der Waals surface area contributed by atoms with E-state index < -0.39 is 0 Å². The molecular formula is C14H20N4OS2. The number of hydrogen-bond donors (Lipinski definition) is 1. The van der Waals surface area contributed by atoms with Crippen molar-refractivity contribution in [3.05, 3.63) is 26.1 Å². The highest BCUT2D eigenvalue weighted by Gasteiger charge is 2.26. The molecule has 2 aromatic heterocycles. The number of nitrogens with zero attached hydrogens (tertiary/aromatic N) is 3. The number of amides is 1. The number of aromatic nitrogens is 2. The van der Waals surface area contributed by atoms with Crippen molar-refractivity contribution in [2.45, 2.75) is 40.2 Å². The third-order valence-corrected chi connectivity index (χ3v) is 5.30. The van der Waals surface area contributed by atoms with E-state index in [1.807, 2.05) is 27.7 Å². The number of carbonyl (C=O) groups excluding carboxylic acids is 1. The van der Waals surface area contributed by atoms with Crippen LogP contribution in [0, 0.1) is 13.8 Å². The second-order valence-corrected chi connectivity index (χ2v) is 7.39. The van der Waals surface area contributed by atoms with E-state index >= 15 is 0 Å². The molecule has 1 amide bonds. The quantitative estimate of drug-likeness (QED) is 0.937. The lowest BCUT2D eigenvalue weighted by atomic mass is 10.1. The molecule has 114 valence electrons. The fraction of sp³-hybridized carbons (Fsp3) is 0.500. The first-order chi connectivity index (χ1) is 9.85. The second kappa shape index (κ2) is 6.11. The van der Waals surface area contributed by atoms with E-state index in [1.165, 1.54) is 11.3 Å². The van der Waals surface area contributed by atoms with Crippen LogP contribution in [0.15, 0.2) is 0 Å². The highest BCUT2D eigenvalue weighted by molar-refractivity contribution is 7.17. The van der Waals surface area contributed by atoms with Gasteiger partial charge in [-0.15, -0.1) is 11.3 Å². The minimum atomic E-state index is -0.0736. The summed E-state index contributed by atoms with van der Waals surface area (Å²) in [5, 5.41) is 1.46. The standard InChI is InChI=1S/C14H20N4OS2/c1-6-10-12(21-14(15)17-10)13(19)18(5)7(2)11-8(3)20-9(4)16-11/h7H,6H2,1-5H3,(H2,15,17). The van der Waals surface area contributed by atoms with E-state index in [4.69, 9.17) is 5.73 Å². The predicted molar refractivity (Wildman–Crippen MR) is 88.0 cm³/mol. The Bertz CT molecular complexity index is 662. The van der Waals surface area contributed by atoms with Crippen LogP contribution in [-0.2, 0) is 6.42 Å². The van der Waals surface area contributed by atoms with Crippen LogP contribution < -0.4 is 5.73 Å². The van der Waals surface area contributed by atoms with Gasteiger partial charge in [-0.2, -0.15) is 0 Å². The van der Waals surface area contributed by atoms with Gasteiger partial charge >= 0.3 is 0 Å². The van der Waals surface area contributed by atoms with E-state index in [0.717, 1.165) is 21.3 Å². The minimum Gasteiger partial charge on any atom is -0.375 e. The molecule has 2 heterocycles. The van der Waals surface area contributed by atoms with Crippen LogP contribution in [0.2, 0.25) is 0 Å². The first kappa shape index (κ1) is 15.9. The van der Waals surface area contributed by atoms with E-state index in [-0.39, 0.29) is 11.9 Å². The van der Waals surface area contributed by atoms with Gasteiger partial charge in [0.05, 0.1) is 22.4 Å². The molecule has 1 atom stereocenters. The summed E-state index contributed by atoms with van der Waals surface area (Å²) >= 11 is 2.91. The molecule has 0 spiro atoms. The smallest absolute Gasteiger partial charge is 0.266 e. The molecule has 0 aliphatic carbocycles. The van der Waals surface area contributed by atoms with Gasteiger partial charge < -0.3 is 10.6 Å². The summed E-state index contributed by atoms with van der Waals surface area (Å²) in [4.78, 5) is 25.0. The third kappa shape index (κ3) is 3.08. The zero-order chi connectivity index (χ0) is 15.7. The Morgan fingerprint density at radius 1 is 1.33 bits per heavy atom. The lowest BCUT2D eigenvalue weighted by Gasteiger charge is -2.24. The summed E-state index contributed by atoms with van der Waals surface area (Å²) in [5.74, 6) is -0.0430. The van der Waals surface area contributed by atoms with Gasteiger partial charge in [-0.05, 0) is 27.2 Å². The summed E-state index contributed by atoms with van der Waals surface area (Å²) in [7, 11) is 1.80. The third-order valence-electron chi connectivity index (χ3n) is 3.48. The van der Waals surface area contributed by atoms with Crippen molar-refractivity contribution in [1.29, 1.82) is 0 Å². The van der Waals surface area contributed by atoms with Crippen molar-refractivity contribution in [3.63, 3.8) is 0 Å². The zero-order valence-corrected chi connectivity index (χ0v) is 14.6. The Labute approximate surface area is 132 Å². The van der Waals surface area contributed by atoms with Gasteiger partial charge in [0, 0.05) is 11.9 Å². The number of hydrogen-bond acceptors (Lipinski definition) is 6. The Kier molecular flexibility index (Phi) is 4.63. The summed E-state index contributed by atoms with van der Waals surface area (Å²) in [6.07, 6.45) is 0.700. The van der Waals surface area contributed by atoms with Gasteiger partial charge in [-0.3, -0.25) is 4.79 Å². The van der Waals surface area contributed by atoms with Crippen molar-refractivity contribution in [3.8, 4) is 0 Å². The van der Waals surface area contributed by atoms with Crippen LogP contribution in [0.1, 0.15) is 50.8 Å². The van der Waals surface area contributed by atoms with Crippen LogP contribution in [0.5, 0.6) is 0 Å². The summed E-state index contributed by atoms with van der Waals surface area (Å²) < 4.78 is 0. The summed E-state index contributed by atoms with van der Waals surface area (Å²) in [5.41, 5.74) is 7.47. The number of nitrogen functional groups attached to an aromatic ring is 1. The normalized spacial score (nSPS) is 12.4. The first-order valence-corrected chi connectivity index (χ1v) is 8.44. The Morgan fingerprint density at radius 2 is 2.00 bits per heavy atom. The van der Waals surface area contributed by atoms with Crippen LogP contribution in [0.4, 0.5) is 5.13 Å². The zero-order valence-electron chi connectivity index (χ0n) is 12.9. The predicted octanol–water partition coefficient (Wildman–Crippen LogP) is 3.19. The van der Waals surface area contributed by atoms with Crippen LogP contribution in [0.25, 0.3) is 0 Å². The molecule has 0 saturated heterocycles. The maximum absolute atomic E-state index is 12.7. The molecule has 21 heavy (non-hydrogen) atoms. The average molecular weight is 324 g/mol. The molecule has 1 unspecified atom stereocenters. The molecule has 2 N–H and O–H groups in total. The van der Waals surface area contributed by atoms with E-state index in [2.05, 4.69) is 9.97 Å². The van der Waals surface area contributed by atoms with Crippen molar-refractivity contribution in [1.82, 2.24) is 14.9 Å². The first-order valence-electron chi connectivity index (χ1n) is 6.81. The Morgan fingerprint density at radius 3 is 2.52 bits per heavy atom. The van der Waals surface area contributed by atoms with E-state index in [9.17, 15) is 4.79 Å². The second-order valence-electron chi connectivity index (χ2n) is 4.95. The SMILES string of the molecule is CCc1nc(N)sc1C(=O)N(C)C(C)c1nc(C)sc1C. The van der Waals surface area contributed by atoms with E-state index in [0.29, 0.717) is 16.4 Å². The monoisotopic (exact) mass is 324 g/mol. The molecule has 2 rings (SSSR count). The maximum atomic E-state index is 12.7. The molecule has 2 aromatic rings. The van der Waals surface area contributed by atoms with Gasteiger partial charge in [0.15, 0.2) is 5.13 Å². The molecular weight excluding hydrogens is 304 g/mol. The number of carbonyl (C=O) groups is 1. The summed E-state index contributed by atoms with van der Waals surface area (Å²) in [6.45, 7) is 7.99. The molecule has 0 saturated carbocycles. The van der Waals surface area contributed by atoms with Crippen molar-refractivity contribution >= 4 is 33.7 Å². The maximum Gasteiger partial charge on any atom is 0.266 e. The molecule has 0 aromatic carbocycles. The molecule has 0 aliphatic heterocycles. The number of aryl methyl sites for hydroxylation is 3. The highest BCUT2D eigenvalue weighted by Crippen LogP contribution is 2.29. The molecule has 0 aliphatic rings. The number of rotatable bonds is 4. The average Bonchev–Trinajstić information content (AvgIpc) is 2.98. The van der Waals surface area contributed by atoms with Crippen LogP contribution in [-0.4, -0.2) is 27.8 Å². The number of anilines is 1. The van der Waals surface area contributed by atoms with Gasteiger partial charge in [0.2, 0.25) is 0 Å². The molecule has 0 radical (unpaired) electrons. The Hall–Kier alpha value is -1.47. The molecule has 5 nitrogen and oxygen atoms in total. The largest absolute Gasteiger partial charge is 0.375 e. The minimum absolute atomic E-state index is 0.0430. The molecule has 0 fully saturated rings. The topological polar surface area (TPSA) is 72.1 Å². The number of thiazole rings is 2. The fourth-order valence-corrected chi connectivity index (χ4v) is 4.04. The van der Waals surface area contributed by atoms with Crippen molar-refractivity contribution in [2.24, 2.45) is 0 Å². The van der Waals surface area contributed by atoms with Gasteiger partial charge in [-0.1, -0.05) is 18.3 Å². The fourth-order valence-electron chi connectivity index (χ4n) is 2.23. The van der Waals surface area contributed by atoms with Crippen molar-refractivity contribution < 1.29 is 4.79 Å². The highest BCUT2D eigenvalue weighted by atomic mass is 32.1. The Balaban J connectivity index is 2.28. The van der Waals surface area contributed by atoms with Gasteiger partial charge in [-0.25, -0.2) is 9.97 Å². The summed E-state index contributed by atoms with van der Waals surface area (Å²) in [6, 6.07) is -0.0736.